The van der Waals surface area contributed by atoms with Crippen molar-refractivity contribution < 1.29 is 104 Å². The van der Waals surface area contributed by atoms with Crippen molar-refractivity contribution in [3.63, 3.8) is 0 Å². The molecule has 0 aromatic heterocycles. The topological polar surface area (TPSA) is 373 Å². The van der Waals surface area contributed by atoms with E-state index in [9.17, 15) is 75.7 Å². The van der Waals surface area contributed by atoms with E-state index in [2.05, 4.69) is 36.6 Å². The number of carboxylic acids is 1. The highest BCUT2D eigenvalue weighted by Gasteiger charge is 2.60. The van der Waals surface area contributed by atoms with Gasteiger partial charge in [0.05, 0.1) is 50.7 Å². The van der Waals surface area contributed by atoms with Crippen LogP contribution in [0, 0.1) is 0 Å². The molecule has 562 valence electrons. The van der Waals surface area contributed by atoms with Gasteiger partial charge in [0, 0.05) is 19.8 Å². The van der Waals surface area contributed by atoms with Crippen LogP contribution in [0.3, 0.4) is 0 Å². The number of hydrogen-bond acceptors (Lipinski definition) is 20. The first kappa shape index (κ1) is 87.4. The highest BCUT2D eigenvalue weighted by atomic mass is 16.8. The fraction of sp³-hybridized carbons (Fsp3) is 0.904. The van der Waals surface area contributed by atoms with Gasteiger partial charge in [0.15, 0.2) is 12.6 Å². The number of carbonyl (C=O) groups excluding carboxylic acids is 2. The SMILES string of the molecule is CCCCCCCCCCCCCC/C=C\CCCCCCCCCCCC(=O)NC(COC1OC(CO)C(OC2OC(CO)C(O)C(OC3(C(=O)O)CC(O)C(NC(C)=O)C(C(O)C(O)CO)O3)C2O)C(O)C1O)C(O)/C=C/CCCCCCCCCCCCCCCCC. The fourth-order valence-electron chi connectivity index (χ4n) is 13.1. The van der Waals surface area contributed by atoms with Crippen molar-refractivity contribution in [2.24, 2.45) is 0 Å². The van der Waals surface area contributed by atoms with Crippen molar-refractivity contribution >= 4 is 17.8 Å². The van der Waals surface area contributed by atoms with Gasteiger partial charge in [0.2, 0.25) is 11.8 Å². The van der Waals surface area contributed by atoms with Crippen molar-refractivity contribution in [2.45, 2.75) is 394 Å². The summed E-state index contributed by atoms with van der Waals surface area (Å²) in [4.78, 5) is 38.6. The van der Waals surface area contributed by atoms with Crippen molar-refractivity contribution in [3.8, 4) is 0 Å². The number of hydrogen-bond donors (Lipinski definition) is 14. The molecule has 0 aliphatic carbocycles. The number of unbranched alkanes of at least 4 members (excludes halogenated alkanes) is 36. The summed E-state index contributed by atoms with van der Waals surface area (Å²) in [5.41, 5.74) is 0. The third-order valence-corrected chi connectivity index (χ3v) is 19.1. The van der Waals surface area contributed by atoms with Crippen LogP contribution in [0.25, 0.3) is 0 Å². The molecule has 3 aliphatic heterocycles. The number of nitrogens with one attached hydrogen (secondary N) is 2. The number of allylic oxidation sites excluding steroid dienone is 3. The molecule has 3 heterocycles. The summed E-state index contributed by atoms with van der Waals surface area (Å²) in [7, 11) is 0. The summed E-state index contributed by atoms with van der Waals surface area (Å²) in [5, 5.41) is 136. The molecule has 0 spiro atoms. The minimum Gasteiger partial charge on any atom is -0.477 e. The number of carbonyl (C=O) groups is 3. The van der Waals surface area contributed by atoms with Crippen molar-refractivity contribution in [1.82, 2.24) is 10.6 Å². The molecule has 18 unspecified atom stereocenters. The Morgan fingerprint density at radius 3 is 1.42 bits per heavy atom. The third kappa shape index (κ3) is 34.3. The molecule has 23 heteroatoms. The smallest absolute Gasteiger partial charge is 0.364 e. The first-order chi connectivity index (χ1) is 46.4. The minimum absolute atomic E-state index is 0.199. The van der Waals surface area contributed by atoms with Gasteiger partial charge in [-0.15, -0.1) is 0 Å². The van der Waals surface area contributed by atoms with Gasteiger partial charge in [0.25, 0.3) is 5.79 Å². The van der Waals surface area contributed by atoms with Crippen LogP contribution in [-0.2, 0) is 42.8 Å². The molecule has 23 nitrogen and oxygen atoms in total. The van der Waals surface area contributed by atoms with Gasteiger partial charge in [-0.3, -0.25) is 9.59 Å². The lowest BCUT2D eigenvalue weighted by Crippen LogP contribution is -2.70. The molecule has 0 radical (unpaired) electrons. The molecular formula is C73H134N2O21. The molecule has 0 aromatic carbocycles. The molecular weight excluding hydrogens is 1240 g/mol. The standard InChI is InChI=1S/C73H134N2O21/c1-4-6-8-10-12-14-16-18-20-22-23-24-25-26-27-28-29-31-33-35-37-39-41-43-45-47-60(83)75-54(55(80)46-44-42-40-38-36-34-32-30-21-19-17-15-13-11-9-7-5-2)52-91-70-65(87)64(86)67(59(51-78)93-70)94-71-66(88)69(63(85)58(50-77)92-71)96-73(72(89)90)48-56(81)61(74-53(3)79)68(95-73)62(84)57(82)49-76/h26-27,44,46,54-59,61-71,76-78,80-82,84-88H,4-25,28-43,45,47-52H2,1-3H3,(H,74,79)(H,75,83)(H,89,90)/b27-26-,46-44+. The number of aliphatic hydroxyl groups excluding tert-OH is 11. The van der Waals surface area contributed by atoms with E-state index in [1.807, 2.05) is 6.08 Å². The summed E-state index contributed by atoms with van der Waals surface area (Å²) in [6.07, 6.45) is 26.4. The predicted octanol–water partition coefficient (Wildman–Crippen LogP) is 8.40. The maximum Gasteiger partial charge on any atom is 0.364 e. The third-order valence-electron chi connectivity index (χ3n) is 19.1. The Bertz CT molecular complexity index is 2030. The zero-order chi connectivity index (χ0) is 70.4. The number of rotatable bonds is 58. The quantitative estimate of drug-likeness (QED) is 0.0201. The lowest BCUT2D eigenvalue weighted by atomic mass is 9.88. The number of aliphatic hydroxyl groups is 11. The van der Waals surface area contributed by atoms with Crippen LogP contribution in [0.2, 0.25) is 0 Å². The van der Waals surface area contributed by atoms with Gasteiger partial charge in [-0.2, -0.15) is 0 Å². The van der Waals surface area contributed by atoms with Gasteiger partial charge in [-0.1, -0.05) is 244 Å². The summed E-state index contributed by atoms with van der Waals surface area (Å²) in [6.45, 7) is 2.16. The molecule has 18 atom stereocenters. The lowest BCUT2D eigenvalue weighted by Gasteiger charge is -2.50. The molecule has 0 saturated carbocycles. The summed E-state index contributed by atoms with van der Waals surface area (Å²) in [5.74, 6) is -6.14. The highest BCUT2D eigenvalue weighted by Crippen LogP contribution is 2.39. The second kappa shape index (κ2) is 53.1. The van der Waals surface area contributed by atoms with Crippen LogP contribution in [0.15, 0.2) is 24.3 Å². The second-order valence-corrected chi connectivity index (χ2v) is 27.5. The van der Waals surface area contributed by atoms with E-state index < -0.39 is 155 Å². The molecule has 3 aliphatic rings. The van der Waals surface area contributed by atoms with E-state index in [0.717, 1.165) is 58.3 Å². The van der Waals surface area contributed by atoms with E-state index >= 15 is 0 Å². The second-order valence-electron chi connectivity index (χ2n) is 27.5. The van der Waals surface area contributed by atoms with Gasteiger partial charge in [-0.05, 0) is 44.9 Å². The van der Waals surface area contributed by atoms with Crippen LogP contribution >= 0.6 is 0 Å². The summed E-state index contributed by atoms with van der Waals surface area (Å²) in [6, 6.07) is -2.62. The van der Waals surface area contributed by atoms with Crippen molar-refractivity contribution in [3.05, 3.63) is 24.3 Å². The van der Waals surface area contributed by atoms with Crippen LogP contribution in [-0.4, -0.2) is 215 Å². The lowest BCUT2D eigenvalue weighted by molar-refractivity contribution is -0.386. The molecule has 3 saturated heterocycles. The maximum absolute atomic E-state index is 13.5. The molecule has 3 fully saturated rings. The van der Waals surface area contributed by atoms with E-state index in [-0.39, 0.29) is 12.3 Å². The van der Waals surface area contributed by atoms with Gasteiger partial charge in [0.1, 0.15) is 67.1 Å². The predicted molar refractivity (Wildman–Crippen MR) is 366 cm³/mol. The van der Waals surface area contributed by atoms with Crippen LogP contribution < -0.4 is 10.6 Å². The van der Waals surface area contributed by atoms with Gasteiger partial charge >= 0.3 is 5.97 Å². The Balaban J connectivity index is 1.55. The van der Waals surface area contributed by atoms with E-state index in [1.54, 1.807) is 6.08 Å². The Morgan fingerprint density at radius 1 is 0.542 bits per heavy atom. The van der Waals surface area contributed by atoms with Crippen LogP contribution in [0.4, 0.5) is 0 Å². The molecule has 0 aromatic rings. The van der Waals surface area contributed by atoms with E-state index in [4.69, 9.17) is 28.4 Å². The Labute approximate surface area is 574 Å². The van der Waals surface area contributed by atoms with Crippen LogP contribution in [0.1, 0.15) is 284 Å². The first-order valence-electron chi connectivity index (χ1n) is 37.7. The Kier molecular flexibility index (Phi) is 48.3. The monoisotopic (exact) mass is 1370 g/mol. The van der Waals surface area contributed by atoms with Crippen molar-refractivity contribution in [1.29, 1.82) is 0 Å². The number of amides is 2. The molecule has 2 amide bonds. The molecule has 14 N–H and O–H groups in total. The number of aliphatic carboxylic acids is 1. The summed E-state index contributed by atoms with van der Waals surface area (Å²) < 4.78 is 34.8. The van der Waals surface area contributed by atoms with Gasteiger partial charge in [-0.25, -0.2) is 4.79 Å². The average Bonchev–Trinajstić information content (AvgIpc) is 0.758. The average molecular weight is 1380 g/mol. The number of carboxylic acid groups (broad SMARTS) is 1. The first-order valence-corrected chi connectivity index (χ1v) is 37.7. The fourth-order valence-corrected chi connectivity index (χ4v) is 13.1. The van der Waals surface area contributed by atoms with E-state index in [0.29, 0.717) is 12.8 Å². The number of ether oxygens (including phenoxy) is 6. The minimum atomic E-state index is -3.08. The van der Waals surface area contributed by atoms with Crippen molar-refractivity contribution in [2.75, 3.05) is 26.4 Å². The zero-order valence-corrected chi connectivity index (χ0v) is 59.0. The van der Waals surface area contributed by atoms with Gasteiger partial charge < -0.3 is 100 Å². The largest absolute Gasteiger partial charge is 0.477 e. The van der Waals surface area contributed by atoms with E-state index in [1.165, 1.54) is 186 Å². The van der Waals surface area contributed by atoms with Crippen LogP contribution in [0.5, 0.6) is 0 Å². The Morgan fingerprint density at radius 2 is 0.979 bits per heavy atom. The summed E-state index contributed by atoms with van der Waals surface area (Å²) >= 11 is 0. The molecule has 0 bridgehead atoms. The normalized spacial score (nSPS) is 27.7. The maximum atomic E-state index is 13.5. The molecule has 3 rings (SSSR count). The highest BCUT2D eigenvalue weighted by molar-refractivity contribution is 5.77. The zero-order valence-electron chi connectivity index (χ0n) is 59.0. The molecule has 96 heavy (non-hydrogen) atoms. The Hall–Kier alpha value is -2.79.